The van der Waals surface area contributed by atoms with E-state index >= 15 is 0 Å². The van der Waals surface area contributed by atoms with Crippen LogP contribution in [0.4, 0.5) is 0 Å². The zero-order valence-electron chi connectivity index (χ0n) is 27.7. The van der Waals surface area contributed by atoms with Crippen molar-refractivity contribution in [2.24, 2.45) is 0 Å². The van der Waals surface area contributed by atoms with Crippen LogP contribution in [-0.2, 0) is 0 Å². The van der Waals surface area contributed by atoms with E-state index in [1.807, 2.05) is 42.5 Å². The van der Waals surface area contributed by atoms with Gasteiger partial charge in [-0.3, -0.25) is 0 Å². The van der Waals surface area contributed by atoms with E-state index in [-0.39, 0.29) is 0 Å². The summed E-state index contributed by atoms with van der Waals surface area (Å²) in [6, 6.07) is 58.8. The molecule has 0 radical (unpaired) electrons. The second kappa shape index (κ2) is 12.1. The zero-order chi connectivity index (χ0) is 34.6. The molecule has 10 aromatic rings. The minimum absolute atomic E-state index is 0.567. The molecule has 0 saturated heterocycles. The van der Waals surface area contributed by atoms with Gasteiger partial charge in [-0.05, 0) is 77.9 Å². The number of hydrogen-bond acceptors (Lipinski definition) is 5. The molecular weight excluding hydrogens is 655 g/mol. The van der Waals surface area contributed by atoms with Crippen LogP contribution in [0.1, 0.15) is 5.56 Å². The Morgan fingerprint density at radius 1 is 0.462 bits per heavy atom. The summed E-state index contributed by atoms with van der Waals surface area (Å²) in [5, 5.41) is 14.2. The lowest BCUT2D eigenvalue weighted by molar-refractivity contribution is 1.08. The number of hydrogen-bond donors (Lipinski definition) is 0. The molecule has 6 heteroatoms. The lowest BCUT2D eigenvalue weighted by atomic mass is 10.0. The Morgan fingerprint density at radius 2 is 1.08 bits per heavy atom. The fourth-order valence-electron chi connectivity index (χ4n) is 7.20. The van der Waals surface area contributed by atoms with Crippen LogP contribution in [0.25, 0.3) is 93.0 Å². The number of nitrogens with zero attached hydrogens (tertiary/aromatic N) is 5. The molecule has 0 unspecified atom stereocenters. The molecule has 52 heavy (non-hydrogen) atoms. The lowest BCUT2D eigenvalue weighted by Gasteiger charge is -2.09. The van der Waals surface area contributed by atoms with Crippen LogP contribution < -0.4 is 0 Å². The van der Waals surface area contributed by atoms with Crippen molar-refractivity contribution >= 4 is 53.3 Å². The highest BCUT2D eigenvalue weighted by atomic mass is 32.1. The molecule has 5 nitrogen and oxygen atoms in total. The number of thiophene rings is 1. The van der Waals surface area contributed by atoms with Crippen LogP contribution in [0.15, 0.2) is 164 Å². The molecule has 3 aromatic heterocycles. The van der Waals surface area contributed by atoms with E-state index < -0.39 is 0 Å². The SMILES string of the molecule is N#Cc1ccc(-c2nc(-c3ccccc3)nc(-c3cccc4c3sc3cc(-c5ccc6c(c5)c5ccccc5n6-c5ccccc5)ccc34)n2)cc1. The molecule has 3 heterocycles. The Balaban J connectivity index is 1.11. The van der Waals surface area contributed by atoms with Crippen molar-refractivity contribution in [3.8, 4) is 57.0 Å². The van der Waals surface area contributed by atoms with Gasteiger partial charge in [-0.1, -0.05) is 97.1 Å². The summed E-state index contributed by atoms with van der Waals surface area (Å²) >= 11 is 1.77. The molecule has 0 aliphatic heterocycles. The van der Waals surface area contributed by atoms with Crippen molar-refractivity contribution in [1.82, 2.24) is 19.5 Å². The largest absolute Gasteiger partial charge is 0.309 e. The van der Waals surface area contributed by atoms with Gasteiger partial charge in [0.15, 0.2) is 17.5 Å². The van der Waals surface area contributed by atoms with Crippen LogP contribution in [0.5, 0.6) is 0 Å². The van der Waals surface area contributed by atoms with Crippen molar-refractivity contribution in [3.05, 3.63) is 169 Å². The fourth-order valence-corrected chi connectivity index (χ4v) is 8.45. The maximum atomic E-state index is 9.36. The highest BCUT2D eigenvalue weighted by Crippen LogP contribution is 2.42. The van der Waals surface area contributed by atoms with Gasteiger partial charge in [0.2, 0.25) is 0 Å². The predicted octanol–water partition coefficient (Wildman–Crippen LogP) is 11.9. The Labute approximate surface area is 303 Å². The third-order valence-corrected chi connectivity index (χ3v) is 10.9. The van der Waals surface area contributed by atoms with Crippen LogP contribution in [-0.4, -0.2) is 19.5 Å². The number of para-hydroxylation sites is 2. The minimum atomic E-state index is 0.567. The molecule has 0 aliphatic carbocycles. The average molecular weight is 682 g/mol. The number of benzene rings is 7. The van der Waals surface area contributed by atoms with Gasteiger partial charge in [-0.25, -0.2) is 15.0 Å². The molecule has 242 valence electrons. The molecule has 0 N–H and O–H groups in total. The van der Waals surface area contributed by atoms with Gasteiger partial charge in [0.1, 0.15) is 0 Å². The average Bonchev–Trinajstić information content (AvgIpc) is 3.76. The van der Waals surface area contributed by atoms with Gasteiger partial charge in [0.05, 0.1) is 22.7 Å². The normalized spacial score (nSPS) is 11.4. The van der Waals surface area contributed by atoms with Crippen molar-refractivity contribution in [2.45, 2.75) is 0 Å². The van der Waals surface area contributed by atoms with Gasteiger partial charge in [-0.15, -0.1) is 11.3 Å². The first-order valence-corrected chi connectivity index (χ1v) is 17.9. The number of aromatic nitrogens is 4. The summed E-state index contributed by atoms with van der Waals surface area (Å²) in [6.07, 6.45) is 0. The van der Waals surface area contributed by atoms with Gasteiger partial charge in [0, 0.05) is 53.3 Å². The molecule has 0 bridgehead atoms. The highest BCUT2D eigenvalue weighted by Gasteiger charge is 2.18. The van der Waals surface area contributed by atoms with Crippen molar-refractivity contribution < 1.29 is 0 Å². The van der Waals surface area contributed by atoms with Gasteiger partial charge in [0.25, 0.3) is 0 Å². The summed E-state index contributed by atoms with van der Waals surface area (Å²) in [5.41, 5.74) is 9.20. The van der Waals surface area contributed by atoms with Gasteiger partial charge < -0.3 is 4.57 Å². The smallest absolute Gasteiger partial charge is 0.165 e. The third-order valence-electron chi connectivity index (χ3n) is 9.70. The van der Waals surface area contributed by atoms with E-state index in [4.69, 9.17) is 15.0 Å². The van der Waals surface area contributed by atoms with Gasteiger partial charge >= 0.3 is 0 Å². The molecule has 0 aliphatic rings. The van der Waals surface area contributed by atoms with Crippen LogP contribution in [0.2, 0.25) is 0 Å². The summed E-state index contributed by atoms with van der Waals surface area (Å²) in [5.74, 6) is 1.79. The zero-order valence-corrected chi connectivity index (χ0v) is 28.5. The summed E-state index contributed by atoms with van der Waals surface area (Å²) in [6.45, 7) is 0. The van der Waals surface area contributed by atoms with Crippen LogP contribution >= 0.6 is 11.3 Å². The fraction of sp³-hybridized carbons (Fsp3) is 0. The van der Waals surface area contributed by atoms with E-state index in [0.29, 0.717) is 23.0 Å². The van der Waals surface area contributed by atoms with Crippen molar-refractivity contribution in [3.63, 3.8) is 0 Å². The molecule has 0 atom stereocenters. The van der Waals surface area contributed by atoms with E-state index in [1.54, 1.807) is 23.5 Å². The predicted molar refractivity (Wildman–Crippen MR) is 214 cm³/mol. The summed E-state index contributed by atoms with van der Waals surface area (Å²) in [7, 11) is 0. The monoisotopic (exact) mass is 681 g/mol. The van der Waals surface area contributed by atoms with Crippen LogP contribution in [0.3, 0.4) is 0 Å². The standard InChI is InChI=1S/C46H27N5S/c47-28-29-18-20-31(21-19-29)45-48-44(30-10-3-1-4-11-30)49-46(50-45)38-16-9-15-37-36-24-22-33(27-42(36)52-43(37)38)32-23-25-41-39(26-32)35-14-7-8-17-40(35)51(41)34-12-5-2-6-13-34/h1-27H. The van der Waals surface area contributed by atoms with E-state index in [9.17, 15) is 5.26 Å². The first-order chi connectivity index (χ1) is 25.7. The number of nitriles is 1. The Morgan fingerprint density at radius 3 is 1.87 bits per heavy atom. The molecule has 0 fully saturated rings. The highest BCUT2D eigenvalue weighted by molar-refractivity contribution is 7.26. The summed E-state index contributed by atoms with van der Waals surface area (Å²) < 4.78 is 4.69. The Kier molecular flexibility index (Phi) is 6.98. The number of fused-ring (bicyclic) bond motifs is 6. The molecular formula is C46H27N5S. The van der Waals surface area contributed by atoms with Crippen molar-refractivity contribution in [2.75, 3.05) is 0 Å². The second-order valence-corrected chi connectivity index (χ2v) is 13.8. The quantitative estimate of drug-likeness (QED) is 0.181. The third kappa shape index (κ3) is 4.95. The maximum Gasteiger partial charge on any atom is 0.165 e. The van der Waals surface area contributed by atoms with E-state index in [1.165, 1.54) is 48.4 Å². The molecule has 10 rings (SSSR count). The summed E-state index contributed by atoms with van der Waals surface area (Å²) in [4.78, 5) is 14.9. The second-order valence-electron chi connectivity index (χ2n) is 12.8. The Hall–Kier alpha value is -6.94. The lowest BCUT2D eigenvalue weighted by Crippen LogP contribution is -2.00. The van der Waals surface area contributed by atoms with Gasteiger partial charge in [-0.2, -0.15) is 5.26 Å². The molecule has 7 aromatic carbocycles. The van der Waals surface area contributed by atoms with Crippen molar-refractivity contribution in [1.29, 1.82) is 5.26 Å². The van der Waals surface area contributed by atoms with E-state index in [0.717, 1.165) is 27.1 Å². The first kappa shape index (κ1) is 29.9. The molecule has 0 amide bonds. The topological polar surface area (TPSA) is 67.4 Å². The van der Waals surface area contributed by atoms with Crippen LogP contribution in [0, 0.1) is 11.3 Å². The molecule has 0 saturated carbocycles. The Bertz CT molecular complexity index is 3010. The molecule has 0 spiro atoms. The minimum Gasteiger partial charge on any atom is -0.309 e. The number of rotatable bonds is 5. The first-order valence-electron chi connectivity index (χ1n) is 17.1. The van der Waals surface area contributed by atoms with E-state index in [2.05, 4.69) is 120 Å². The maximum absolute atomic E-state index is 9.36.